The zero-order valence-electron chi connectivity index (χ0n) is 11.0. The average Bonchev–Trinajstić information content (AvgIpc) is 2.57. The molecule has 0 spiro atoms. The Hall–Kier alpha value is -1.29. The van der Waals surface area contributed by atoms with Gasteiger partial charge in [0.05, 0.1) is 6.54 Å². The van der Waals surface area contributed by atoms with Crippen molar-refractivity contribution < 1.29 is 14.3 Å². The summed E-state index contributed by atoms with van der Waals surface area (Å²) in [7, 11) is 0. The fourth-order valence-corrected chi connectivity index (χ4v) is 1.88. The Balaban J connectivity index is 2.64. The van der Waals surface area contributed by atoms with Crippen molar-refractivity contribution in [1.82, 2.24) is 5.32 Å². The quantitative estimate of drug-likeness (QED) is 0.801. The van der Waals surface area contributed by atoms with Crippen LogP contribution in [-0.2, 0) is 6.54 Å². The standard InChI is InChI=1S/C13H21NO3/c1-5-6-13(3,4)14-8-10-7-11(12(15)16)9(2)17-10/h7,14H,5-6,8H2,1-4H3,(H,15,16). The molecule has 17 heavy (non-hydrogen) atoms. The van der Waals surface area contributed by atoms with E-state index >= 15 is 0 Å². The predicted octanol–water partition coefficient (Wildman–Crippen LogP) is 2.95. The molecule has 0 radical (unpaired) electrons. The van der Waals surface area contributed by atoms with E-state index < -0.39 is 5.97 Å². The molecule has 1 rings (SSSR count). The topological polar surface area (TPSA) is 62.5 Å². The fraction of sp³-hybridized carbons (Fsp3) is 0.615. The van der Waals surface area contributed by atoms with Crippen molar-refractivity contribution in [2.75, 3.05) is 0 Å². The summed E-state index contributed by atoms with van der Waals surface area (Å²) in [6, 6.07) is 1.59. The highest BCUT2D eigenvalue weighted by atomic mass is 16.4. The van der Waals surface area contributed by atoms with Crippen molar-refractivity contribution in [3.8, 4) is 0 Å². The van der Waals surface area contributed by atoms with Crippen LogP contribution < -0.4 is 5.32 Å². The zero-order valence-corrected chi connectivity index (χ0v) is 11.0. The fourth-order valence-electron chi connectivity index (χ4n) is 1.88. The maximum absolute atomic E-state index is 10.9. The molecular weight excluding hydrogens is 218 g/mol. The number of carboxylic acid groups (broad SMARTS) is 1. The Morgan fingerprint density at radius 1 is 1.53 bits per heavy atom. The van der Waals surface area contributed by atoms with Gasteiger partial charge in [-0.3, -0.25) is 0 Å². The second-order valence-electron chi connectivity index (χ2n) is 4.98. The largest absolute Gasteiger partial charge is 0.478 e. The molecule has 0 aliphatic heterocycles. The minimum absolute atomic E-state index is 0.0405. The normalized spacial score (nSPS) is 11.8. The molecule has 0 fully saturated rings. The number of furan rings is 1. The van der Waals surface area contributed by atoms with Gasteiger partial charge < -0.3 is 14.8 Å². The lowest BCUT2D eigenvalue weighted by atomic mass is 9.99. The monoisotopic (exact) mass is 239 g/mol. The summed E-state index contributed by atoms with van der Waals surface area (Å²) in [4.78, 5) is 10.9. The third-order valence-electron chi connectivity index (χ3n) is 2.82. The molecule has 96 valence electrons. The highest BCUT2D eigenvalue weighted by Crippen LogP contribution is 2.17. The second-order valence-corrected chi connectivity index (χ2v) is 4.98. The molecule has 0 aliphatic carbocycles. The van der Waals surface area contributed by atoms with Crippen molar-refractivity contribution in [3.63, 3.8) is 0 Å². The molecule has 0 aliphatic rings. The van der Waals surface area contributed by atoms with Crippen molar-refractivity contribution in [3.05, 3.63) is 23.2 Å². The van der Waals surface area contributed by atoms with Crippen LogP contribution in [0.1, 0.15) is 55.5 Å². The van der Waals surface area contributed by atoms with Crippen LogP contribution in [0.25, 0.3) is 0 Å². The smallest absolute Gasteiger partial charge is 0.339 e. The van der Waals surface area contributed by atoms with Crippen molar-refractivity contribution in [1.29, 1.82) is 0 Å². The van der Waals surface area contributed by atoms with Gasteiger partial charge in [-0.2, -0.15) is 0 Å². The lowest BCUT2D eigenvalue weighted by molar-refractivity contribution is 0.0695. The van der Waals surface area contributed by atoms with Gasteiger partial charge >= 0.3 is 5.97 Å². The van der Waals surface area contributed by atoms with E-state index in [9.17, 15) is 4.79 Å². The number of hydrogen-bond acceptors (Lipinski definition) is 3. The molecule has 1 heterocycles. The van der Waals surface area contributed by atoms with Gasteiger partial charge in [-0.1, -0.05) is 13.3 Å². The van der Waals surface area contributed by atoms with Crippen LogP contribution >= 0.6 is 0 Å². The zero-order chi connectivity index (χ0) is 13.1. The van der Waals surface area contributed by atoms with Crippen molar-refractivity contribution >= 4 is 5.97 Å². The summed E-state index contributed by atoms with van der Waals surface area (Å²) in [6.07, 6.45) is 2.18. The van der Waals surface area contributed by atoms with Crippen LogP contribution in [0.5, 0.6) is 0 Å². The summed E-state index contributed by atoms with van der Waals surface area (Å²) in [6.45, 7) is 8.63. The van der Waals surface area contributed by atoms with E-state index in [-0.39, 0.29) is 11.1 Å². The Morgan fingerprint density at radius 3 is 2.65 bits per heavy atom. The molecule has 0 atom stereocenters. The molecule has 1 aromatic rings. The van der Waals surface area contributed by atoms with E-state index in [4.69, 9.17) is 9.52 Å². The molecule has 4 nitrogen and oxygen atoms in total. The number of carboxylic acids is 1. The predicted molar refractivity (Wildman–Crippen MR) is 66.2 cm³/mol. The summed E-state index contributed by atoms with van der Waals surface area (Å²) >= 11 is 0. The highest BCUT2D eigenvalue weighted by molar-refractivity contribution is 5.88. The summed E-state index contributed by atoms with van der Waals surface area (Å²) in [5.74, 6) is 0.192. The van der Waals surface area contributed by atoms with Gasteiger partial charge in [0.1, 0.15) is 17.1 Å². The molecular formula is C13H21NO3. The van der Waals surface area contributed by atoms with Crippen LogP contribution in [0.2, 0.25) is 0 Å². The van der Waals surface area contributed by atoms with Gasteiger partial charge in [-0.25, -0.2) is 4.79 Å². The van der Waals surface area contributed by atoms with Gasteiger partial charge in [-0.15, -0.1) is 0 Å². The van der Waals surface area contributed by atoms with Gasteiger partial charge in [0.2, 0.25) is 0 Å². The lowest BCUT2D eigenvalue weighted by Crippen LogP contribution is -2.38. The minimum Gasteiger partial charge on any atom is -0.478 e. The van der Waals surface area contributed by atoms with Crippen LogP contribution in [0.4, 0.5) is 0 Å². The average molecular weight is 239 g/mol. The maximum atomic E-state index is 10.9. The maximum Gasteiger partial charge on any atom is 0.339 e. The summed E-state index contributed by atoms with van der Waals surface area (Å²) < 4.78 is 5.41. The van der Waals surface area contributed by atoms with E-state index in [1.807, 2.05) is 0 Å². The molecule has 0 saturated heterocycles. The number of aromatic carboxylic acids is 1. The molecule has 0 bridgehead atoms. The molecule has 0 aromatic carbocycles. The van der Waals surface area contributed by atoms with E-state index in [0.29, 0.717) is 18.1 Å². The lowest BCUT2D eigenvalue weighted by Gasteiger charge is -2.25. The number of hydrogen-bond donors (Lipinski definition) is 2. The van der Waals surface area contributed by atoms with E-state index in [1.165, 1.54) is 0 Å². The van der Waals surface area contributed by atoms with Gasteiger partial charge in [0.25, 0.3) is 0 Å². The molecule has 0 unspecified atom stereocenters. The molecule has 4 heteroatoms. The third-order valence-corrected chi connectivity index (χ3v) is 2.82. The second kappa shape index (κ2) is 5.36. The Morgan fingerprint density at radius 2 is 2.18 bits per heavy atom. The first-order chi connectivity index (χ1) is 7.85. The third kappa shape index (κ3) is 3.89. The van der Waals surface area contributed by atoms with Crippen molar-refractivity contribution in [2.45, 2.75) is 52.6 Å². The van der Waals surface area contributed by atoms with E-state index in [2.05, 4.69) is 26.1 Å². The van der Waals surface area contributed by atoms with Crippen LogP contribution in [0, 0.1) is 6.92 Å². The Labute approximate surface area is 102 Å². The SMILES string of the molecule is CCCC(C)(C)NCc1cc(C(=O)O)c(C)o1. The first-order valence-electron chi connectivity index (χ1n) is 5.93. The number of rotatable bonds is 6. The molecule has 0 amide bonds. The van der Waals surface area contributed by atoms with Crippen LogP contribution in [0.3, 0.4) is 0 Å². The first-order valence-corrected chi connectivity index (χ1v) is 5.93. The molecule has 1 aromatic heterocycles. The minimum atomic E-state index is -0.940. The van der Waals surface area contributed by atoms with Crippen molar-refractivity contribution in [2.24, 2.45) is 0 Å². The number of carbonyl (C=O) groups is 1. The van der Waals surface area contributed by atoms with Crippen LogP contribution in [-0.4, -0.2) is 16.6 Å². The van der Waals surface area contributed by atoms with Gasteiger partial charge in [0, 0.05) is 5.54 Å². The molecule has 2 N–H and O–H groups in total. The first kappa shape index (κ1) is 13.8. The molecule has 0 saturated carbocycles. The van der Waals surface area contributed by atoms with Gasteiger partial charge in [-0.05, 0) is 33.3 Å². The van der Waals surface area contributed by atoms with E-state index in [0.717, 1.165) is 12.8 Å². The van der Waals surface area contributed by atoms with Crippen LogP contribution in [0.15, 0.2) is 10.5 Å². The summed E-state index contributed by atoms with van der Waals surface area (Å²) in [5, 5.41) is 12.3. The number of nitrogens with one attached hydrogen (secondary N) is 1. The van der Waals surface area contributed by atoms with Gasteiger partial charge in [0.15, 0.2) is 0 Å². The highest BCUT2D eigenvalue weighted by Gasteiger charge is 2.18. The Bertz CT molecular complexity index is 393. The Kier molecular flexibility index (Phi) is 4.34. The summed E-state index contributed by atoms with van der Waals surface area (Å²) in [5.41, 5.74) is 0.286. The number of aryl methyl sites for hydroxylation is 1. The van der Waals surface area contributed by atoms with E-state index in [1.54, 1.807) is 13.0 Å².